The first-order valence-corrected chi connectivity index (χ1v) is 25.3. The summed E-state index contributed by atoms with van der Waals surface area (Å²) in [4.78, 5) is 69.2. The molecule has 0 heterocycles. The van der Waals surface area contributed by atoms with Gasteiger partial charge in [-0.3, -0.25) is 24.0 Å². The van der Waals surface area contributed by atoms with Crippen molar-refractivity contribution >= 4 is 29.8 Å². The third kappa shape index (κ3) is 32.0. The van der Waals surface area contributed by atoms with E-state index in [1.807, 2.05) is 19.0 Å². The summed E-state index contributed by atoms with van der Waals surface area (Å²) < 4.78 is 28.8. The molecule has 0 saturated heterocycles. The molecule has 0 amide bonds. The molecular weight excluding hydrogens is 787 g/mol. The number of unbranched alkanes of at least 4 members (excludes halogenated alkanes) is 15. The Morgan fingerprint density at radius 1 is 0.435 bits per heavy atom. The maximum Gasteiger partial charge on any atom is 0.320 e. The van der Waals surface area contributed by atoms with Crippen LogP contribution in [0.15, 0.2) is 0 Å². The number of carbonyl (C=O) groups excluding carboxylic acids is 5. The second-order valence-corrected chi connectivity index (χ2v) is 18.5. The number of rotatable bonds is 43. The number of esters is 5. The number of methoxy groups -OCH3 is 1. The van der Waals surface area contributed by atoms with Gasteiger partial charge in [0, 0.05) is 19.3 Å². The van der Waals surface area contributed by atoms with Gasteiger partial charge in [0.25, 0.3) is 0 Å². The molecule has 0 aromatic carbocycles. The first-order valence-electron chi connectivity index (χ1n) is 25.3. The SMILES string of the molecule is CCCCCCCCCCC(C(=O)OC)C(=O)OCC(COC(=O)CCCN(C)C)(COC(=O)CC(CCCCC)CCCCC)COC(=O)CC(CCCCC)CCCCC. The summed E-state index contributed by atoms with van der Waals surface area (Å²) in [6, 6.07) is 0. The van der Waals surface area contributed by atoms with Crippen molar-refractivity contribution in [2.45, 2.75) is 221 Å². The second kappa shape index (κ2) is 39.9. The molecule has 0 aromatic rings. The Morgan fingerprint density at radius 2 is 0.790 bits per heavy atom. The molecule has 0 aliphatic rings. The fourth-order valence-corrected chi connectivity index (χ4v) is 7.86. The molecule has 0 fully saturated rings. The minimum Gasteiger partial charge on any atom is -0.468 e. The molecule has 1 unspecified atom stereocenters. The van der Waals surface area contributed by atoms with Gasteiger partial charge in [0.1, 0.15) is 31.8 Å². The van der Waals surface area contributed by atoms with E-state index in [0.717, 1.165) is 122 Å². The van der Waals surface area contributed by atoms with Crippen molar-refractivity contribution in [1.29, 1.82) is 0 Å². The lowest BCUT2D eigenvalue weighted by atomic mass is 9.90. The Hall–Kier alpha value is -2.69. The van der Waals surface area contributed by atoms with Crippen molar-refractivity contribution in [2.24, 2.45) is 23.2 Å². The molecule has 11 nitrogen and oxygen atoms in total. The lowest BCUT2D eigenvalue weighted by Crippen LogP contribution is -2.45. The van der Waals surface area contributed by atoms with Gasteiger partial charge in [0.15, 0.2) is 5.92 Å². The van der Waals surface area contributed by atoms with Crippen LogP contribution in [0.25, 0.3) is 0 Å². The Kier molecular flexibility index (Phi) is 38.1. The van der Waals surface area contributed by atoms with Crippen LogP contribution in [0, 0.1) is 23.2 Å². The van der Waals surface area contributed by atoms with Crippen molar-refractivity contribution in [3.05, 3.63) is 0 Å². The Morgan fingerprint density at radius 3 is 1.19 bits per heavy atom. The second-order valence-electron chi connectivity index (χ2n) is 18.5. The van der Waals surface area contributed by atoms with Crippen LogP contribution in [-0.4, -0.2) is 88.9 Å². The molecule has 62 heavy (non-hydrogen) atoms. The van der Waals surface area contributed by atoms with E-state index in [1.54, 1.807) is 0 Å². The number of hydrogen-bond donors (Lipinski definition) is 0. The van der Waals surface area contributed by atoms with Crippen LogP contribution in [0.4, 0.5) is 0 Å². The van der Waals surface area contributed by atoms with Crippen molar-refractivity contribution in [1.82, 2.24) is 4.90 Å². The van der Waals surface area contributed by atoms with Crippen LogP contribution >= 0.6 is 0 Å². The molecule has 0 saturated carbocycles. The highest BCUT2D eigenvalue weighted by molar-refractivity contribution is 5.94. The Bertz CT molecular complexity index is 1080. The van der Waals surface area contributed by atoms with Gasteiger partial charge in [-0.15, -0.1) is 0 Å². The number of carbonyl (C=O) groups is 5. The highest BCUT2D eigenvalue weighted by Crippen LogP contribution is 2.28. The minimum absolute atomic E-state index is 0.158. The van der Waals surface area contributed by atoms with E-state index < -0.39 is 47.8 Å². The fraction of sp³-hybridized carbons (Fsp3) is 0.902. The molecule has 0 aliphatic heterocycles. The highest BCUT2D eigenvalue weighted by Gasteiger charge is 2.40. The molecule has 0 bridgehead atoms. The zero-order valence-corrected chi connectivity index (χ0v) is 41.3. The van der Waals surface area contributed by atoms with Gasteiger partial charge < -0.3 is 28.6 Å². The molecule has 0 spiro atoms. The average Bonchev–Trinajstić information content (AvgIpc) is 3.25. The average molecular weight is 882 g/mol. The first kappa shape index (κ1) is 59.3. The minimum atomic E-state index is -1.41. The zero-order chi connectivity index (χ0) is 46.3. The predicted octanol–water partition coefficient (Wildman–Crippen LogP) is 12.1. The monoisotopic (exact) mass is 882 g/mol. The topological polar surface area (TPSA) is 135 Å². The summed E-state index contributed by atoms with van der Waals surface area (Å²) in [7, 11) is 5.12. The highest BCUT2D eigenvalue weighted by atomic mass is 16.6. The Labute approximate surface area is 379 Å². The lowest BCUT2D eigenvalue weighted by molar-refractivity contribution is -0.174. The quantitative estimate of drug-likeness (QED) is 0.0251. The number of nitrogens with zero attached hydrogens (tertiary/aromatic N) is 1. The van der Waals surface area contributed by atoms with Crippen molar-refractivity contribution in [3.8, 4) is 0 Å². The summed E-state index contributed by atoms with van der Waals surface area (Å²) in [5.74, 6) is -3.48. The summed E-state index contributed by atoms with van der Waals surface area (Å²) in [5, 5.41) is 0. The van der Waals surface area contributed by atoms with Crippen LogP contribution in [0.3, 0.4) is 0 Å². The van der Waals surface area contributed by atoms with Gasteiger partial charge in [0.2, 0.25) is 0 Å². The molecule has 0 radical (unpaired) electrons. The molecule has 1 atom stereocenters. The zero-order valence-electron chi connectivity index (χ0n) is 41.3. The Balaban J connectivity index is 6.51. The van der Waals surface area contributed by atoms with Gasteiger partial charge in [-0.1, -0.05) is 163 Å². The van der Waals surface area contributed by atoms with Crippen molar-refractivity contribution in [2.75, 3.05) is 54.2 Å². The normalized spacial score (nSPS) is 12.2. The maximum atomic E-state index is 13.8. The van der Waals surface area contributed by atoms with Gasteiger partial charge in [0.05, 0.1) is 7.11 Å². The summed E-state index contributed by atoms with van der Waals surface area (Å²) >= 11 is 0. The smallest absolute Gasteiger partial charge is 0.320 e. The van der Waals surface area contributed by atoms with Crippen LogP contribution in [0.5, 0.6) is 0 Å². The molecule has 0 aromatic heterocycles. The molecule has 0 rings (SSSR count). The summed E-state index contributed by atoms with van der Waals surface area (Å²) in [5.41, 5.74) is -1.41. The van der Waals surface area contributed by atoms with E-state index in [-0.39, 0.29) is 57.3 Å². The van der Waals surface area contributed by atoms with Crippen molar-refractivity contribution in [3.63, 3.8) is 0 Å². The van der Waals surface area contributed by atoms with E-state index in [4.69, 9.17) is 23.7 Å². The fourth-order valence-electron chi connectivity index (χ4n) is 7.86. The third-order valence-corrected chi connectivity index (χ3v) is 12.0. The van der Waals surface area contributed by atoms with E-state index >= 15 is 0 Å². The van der Waals surface area contributed by atoms with Crippen LogP contribution in [-0.2, 0) is 47.7 Å². The maximum absolute atomic E-state index is 13.8. The molecule has 364 valence electrons. The van der Waals surface area contributed by atoms with Crippen LogP contribution < -0.4 is 0 Å². The van der Waals surface area contributed by atoms with Crippen LogP contribution in [0.1, 0.15) is 221 Å². The molecule has 11 heteroatoms. The predicted molar refractivity (Wildman–Crippen MR) is 250 cm³/mol. The summed E-state index contributed by atoms with van der Waals surface area (Å²) in [6.07, 6.45) is 26.6. The van der Waals surface area contributed by atoms with Crippen LogP contribution in [0.2, 0.25) is 0 Å². The van der Waals surface area contributed by atoms with Gasteiger partial charge >= 0.3 is 29.8 Å². The third-order valence-electron chi connectivity index (χ3n) is 12.0. The van der Waals surface area contributed by atoms with E-state index in [1.165, 1.54) is 32.8 Å². The molecule has 0 aliphatic carbocycles. The van der Waals surface area contributed by atoms with Crippen molar-refractivity contribution < 1.29 is 47.7 Å². The van der Waals surface area contributed by atoms with E-state index in [0.29, 0.717) is 19.4 Å². The molecule has 0 N–H and O–H groups in total. The van der Waals surface area contributed by atoms with Gasteiger partial charge in [-0.2, -0.15) is 0 Å². The first-order chi connectivity index (χ1) is 29.9. The summed E-state index contributed by atoms with van der Waals surface area (Å²) in [6.45, 7) is 10.2. The largest absolute Gasteiger partial charge is 0.468 e. The van der Waals surface area contributed by atoms with E-state index in [2.05, 4.69) is 34.6 Å². The number of ether oxygens (including phenoxy) is 5. The van der Waals surface area contributed by atoms with E-state index in [9.17, 15) is 24.0 Å². The number of hydrogen-bond acceptors (Lipinski definition) is 11. The molecular formula is C51H95NO10. The van der Waals surface area contributed by atoms with Gasteiger partial charge in [-0.05, 0) is 71.0 Å². The standard InChI is InChI=1S/C51H95NO10/c1-9-14-19-20-21-22-23-28-34-45(49(56)58-8)50(57)62-42-51(39-59-46(53)35-29-36-52(6)7,40-60-47(54)37-43(30-24-15-10-2)31-25-16-11-3)41-61-48(55)38-44(32-26-17-12-4)33-27-18-13-5/h43-45H,9-42H2,1-8H3. The lowest BCUT2D eigenvalue weighted by Gasteiger charge is -2.32. The van der Waals surface area contributed by atoms with Gasteiger partial charge in [-0.25, -0.2) is 0 Å².